The molecule has 0 saturated carbocycles. The number of hydrogen-bond donors (Lipinski definition) is 1. The lowest BCUT2D eigenvalue weighted by Crippen LogP contribution is -2.03. The lowest BCUT2D eigenvalue weighted by molar-refractivity contribution is 0.384. The fraction of sp³-hybridized carbons (Fsp3) is 0.300. The van der Waals surface area contributed by atoms with Gasteiger partial charge < -0.3 is 14.6 Å². The molecular formula is C10H12N2O2. The van der Waals surface area contributed by atoms with Gasteiger partial charge in [0.1, 0.15) is 11.3 Å². The van der Waals surface area contributed by atoms with Crippen molar-refractivity contribution < 1.29 is 9.26 Å². The maximum Gasteiger partial charge on any atom is 0.158 e. The van der Waals surface area contributed by atoms with Crippen LogP contribution in [0.15, 0.2) is 22.7 Å². The summed E-state index contributed by atoms with van der Waals surface area (Å²) in [5.41, 5.74) is 0.857. The van der Waals surface area contributed by atoms with Crippen LogP contribution in [0.1, 0.15) is 5.76 Å². The van der Waals surface area contributed by atoms with Crippen molar-refractivity contribution in [2.75, 3.05) is 14.2 Å². The fourth-order valence-corrected chi connectivity index (χ4v) is 1.39. The molecule has 0 bridgehead atoms. The molecule has 0 aliphatic carbocycles. The third-order valence-electron chi connectivity index (χ3n) is 2.10. The van der Waals surface area contributed by atoms with E-state index in [9.17, 15) is 0 Å². The topological polar surface area (TPSA) is 47.3 Å². The van der Waals surface area contributed by atoms with Gasteiger partial charge in [0.05, 0.1) is 13.7 Å². The molecular weight excluding hydrogens is 180 g/mol. The van der Waals surface area contributed by atoms with Crippen molar-refractivity contribution in [1.29, 1.82) is 0 Å². The standard InChI is InChI=1S/C10H12N2O2/c1-11-6-10-8-5-7(13-2)3-4-9(8)12-14-10/h3-5,11H,6H2,1-2H3. The Hall–Kier alpha value is -1.55. The Bertz CT molecular complexity index is 437. The Morgan fingerprint density at radius 2 is 2.36 bits per heavy atom. The summed E-state index contributed by atoms with van der Waals surface area (Å²) in [7, 11) is 3.51. The van der Waals surface area contributed by atoms with Gasteiger partial charge in [-0.3, -0.25) is 0 Å². The summed E-state index contributed by atoms with van der Waals surface area (Å²) in [5, 5.41) is 7.97. The predicted octanol–water partition coefficient (Wildman–Crippen LogP) is 1.56. The molecule has 0 amide bonds. The molecule has 2 aromatic rings. The monoisotopic (exact) mass is 192 g/mol. The van der Waals surface area contributed by atoms with Crippen molar-refractivity contribution in [3.05, 3.63) is 24.0 Å². The Labute approximate surface area is 81.8 Å². The molecule has 14 heavy (non-hydrogen) atoms. The second-order valence-corrected chi connectivity index (χ2v) is 3.02. The molecule has 4 nitrogen and oxygen atoms in total. The quantitative estimate of drug-likeness (QED) is 0.801. The smallest absolute Gasteiger partial charge is 0.158 e. The first-order valence-electron chi connectivity index (χ1n) is 4.42. The Morgan fingerprint density at radius 3 is 3.07 bits per heavy atom. The van der Waals surface area contributed by atoms with Crippen LogP contribution in [0.3, 0.4) is 0 Å². The van der Waals surface area contributed by atoms with Gasteiger partial charge in [-0.05, 0) is 25.2 Å². The van der Waals surface area contributed by atoms with Crippen LogP contribution in [0.5, 0.6) is 5.75 Å². The lowest BCUT2D eigenvalue weighted by Gasteiger charge is -1.98. The van der Waals surface area contributed by atoms with Gasteiger partial charge in [0.25, 0.3) is 0 Å². The second-order valence-electron chi connectivity index (χ2n) is 3.02. The van der Waals surface area contributed by atoms with E-state index in [2.05, 4.69) is 10.5 Å². The summed E-state index contributed by atoms with van der Waals surface area (Å²) in [6, 6.07) is 5.68. The van der Waals surface area contributed by atoms with E-state index in [-0.39, 0.29) is 0 Å². The van der Waals surface area contributed by atoms with Crippen LogP contribution in [-0.4, -0.2) is 19.3 Å². The summed E-state index contributed by atoms with van der Waals surface area (Å²) in [4.78, 5) is 0. The van der Waals surface area contributed by atoms with Crippen molar-refractivity contribution in [2.24, 2.45) is 0 Å². The number of nitrogens with one attached hydrogen (secondary N) is 1. The van der Waals surface area contributed by atoms with Crippen molar-refractivity contribution >= 4 is 10.9 Å². The van der Waals surface area contributed by atoms with Crippen molar-refractivity contribution in [2.45, 2.75) is 6.54 Å². The first-order chi connectivity index (χ1) is 6.85. The van der Waals surface area contributed by atoms with Gasteiger partial charge in [0.15, 0.2) is 5.76 Å². The first kappa shape index (κ1) is 9.02. The maximum absolute atomic E-state index is 5.19. The molecule has 4 heteroatoms. The van der Waals surface area contributed by atoms with E-state index >= 15 is 0 Å². The molecule has 0 atom stereocenters. The minimum absolute atomic E-state index is 0.670. The third-order valence-corrected chi connectivity index (χ3v) is 2.10. The number of ether oxygens (including phenoxy) is 1. The van der Waals surface area contributed by atoms with Crippen molar-refractivity contribution in [3.63, 3.8) is 0 Å². The molecule has 0 saturated heterocycles. The van der Waals surface area contributed by atoms with Crippen molar-refractivity contribution in [3.8, 4) is 5.75 Å². The van der Waals surface area contributed by atoms with Gasteiger partial charge in [0, 0.05) is 5.39 Å². The maximum atomic E-state index is 5.19. The third kappa shape index (κ3) is 1.44. The largest absolute Gasteiger partial charge is 0.497 e. The van der Waals surface area contributed by atoms with Crippen LogP contribution >= 0.6 is 0 Å². The molecule has 1 aromatic heterocycles. The highest BCUT2D eigenvalue weighted by Crippen LogP contribution is 2.23. The molecule has 0 spiro atoms. The van der Waals surface area contributed by atoms with E-state index in [1.165, 1.54) is 0 Å². The van der Waals surface area contributed by atoms with E-state index in [4.69, 9.17) is 9.26 Å². The molecule has 0 radical (unpaired) electrons. The SMILES string of the molecule is CNCc1onc2ccc(OC)cc12. The van der Waals surface area contributed by atoms with Gasteiger partial charge in [-0.15, -0.1) is 0 Å². The van der Waals surface area contributed by atoms with Gasteiger partial charge in [0.2, 0.25) is 0 Å². The van der Waals surface area contributed by atoms with Gasteiger partial charge in [-0.2, -0.15) is 0 Å². The summed E-state index contributed by atoms with van der Waals surface area (Å²) >= 11 is 0. The minimum Gasteiger partial charge on any atom is -0.497 e. The number of rotatable bonds is 3. The highest BCUT2D eigenvalue weighted by atomic mass is 16.5. The molecule has 0 fully saturated rings. The van der Waals surface area contributed by atoms with Crippen LogP contribution in [0.2, 0.25) is 0 Å². The minimum atomic E-state index is 0.670. The van der Waals surface area contributed by atoms with E-state index in [1.807, 2.05) is 25.2 Å². The molecule has 2 rings (SSSR count). The molecule has 0 aliphatic heterocycles. The summed E-state index contributed by atoms with van der Waals surface area (Å²) in [6.07, 6.45) is 0. The van der Waals surface area contributed by atoms with Crippen LogP contribution in [0, 0.1) is 0 Å². The van der Waals surface area contributed by atoms with Gasteiger partial charge >= 0.3 is 0 Å². The highest BCUT2D eigenvalue weighted by molar-refractivity contribution is 5.81. The fourth-order valence-electron chi connectivity index (χ4n) is 1.39. The van der Waals surface area contributed by atoms with Crippen molar-refractivity contribution in [1.82, 2.24) is 10.5 Å². The zero-order valence-electron chi connectivity index (χ0n) is 8.20. The molecule has 1 heterocycles. The normalized spacial score (nSPS) is 10.7. The Kier molecular flexibility index (Phi) is 2.37. The molecule has 0 unspecified atom stereocenters. The molecule has 0 aliphatic rings. The molecule has 1 aromatic carbocycles. The van der Waals surface area contributed by atoms with Crippen LogP contribution < -0.4 is 10.1 Å². The lowest BCUT2D eigenvalue weighted by atomic mass is 10.2. The zero-order chi connectivity index (χ0) is 9.97. The number of nitrogens with zero attached hydrogens (tertiary/aromatic N) is 1. The summed E-state index contributed by atoms with van der Waals surface area (Å²) in [6.45, 7) is 0.670. The highest BCUT2D eigenvalue weighted by Gasteiger charge is 2.07. The van der Waals surface area contributed by atoms with E-state index in [0.717, 1.165) is 22.4 Å². The van der Waals surface area contributed by atoms with E-state index in [0.29, 0.717) is 6.54 Å². The molecule has 1 N–H and O–H groups in total. The zero-order valence-corrected chi connectivity index (χ0v) is 8.20. The number of aromatic nitrogens is 1. The van der Waals surface area contributed by atoms with Gasteiger partial charge in [-0.25, -0.2) is 0 Å². The van der Waals surface area contributed by atoms with Crippen LogP contribution in [-0.2, 0) is 6.54 Å². The average Bonchev–Trinajstić information content (AvgIpc) is 2.61. The number of hydrogen-bond acceptors (Lipinski definition) is 4. The van der Waals surface area contributed by atoms with Crippen LogP contribution in [0.25, 0.3) is 10.9 Å². The summed E-state index contributed by atoms with van der Waals surface area (Å²) < 4.78 is 10.3. The van der Waals surface area contributed by atoms with Gasteiger partial charge in [-0.1, -0.05) is 5.16 Å². The Morgan fingerprint density at radius 1 is 1.50 bits per heavy atom. The van der Waals surface area contributed by atoms with E-state index in [1.54, 1.807) is 7.11 Å². The average molecular weight is 192 g/mol. The van der Waals surface area contributed by atoms with E-state index < -0.39 is 0 Å². The Balaban J connectivity index is 2.52. The predicted molar refractivity (Wildman–Crippen MR) is 53.3 cm³/mol. The number of benzene rings is 1. The first-order valence-corrected chi connectivity index (χ1v) is 4.42. The van der Waals surface area contributed by atoms with Crippen LogP contribution in [0.4, 0.5) is 0 Å². The number of methoxy groups -OCH3 is 1. The molecule has 74 valence electrons. The number of fused-ring (bicyclic) bond motifs is 1. The summed E-state index contributed by atoms with van der Waals surface area (Å²) in [5.74, 6) is 1.65. The second kappa shape index (κ2) is 3.67.